The van der Waals surface area contributed by atoms with Gasteiger partial charge in [0.25, 0.3) is 0 Å². The zero-order chi connectivity index (χ0) is 11.5. The maximum Gasteiger partial charge on any atom is 0.140 e. The van der Waals surface area contributed by atoms with Crippen LogP contribution < -0.4 is 14.8 Å². The zero-order valence-electron chi connectivity index (χ0n) is 9.47. The lowest BCUT2D eigenvalue weighted by Gasteiger charge is -2.22. The molecule has 3 nitrogen and oxygen atoms in total. The van der Waals surface area contributed by atoms with Crippen LogP contribution in [0, 0.1) is 0 Å². The van der Waals surface area contributed by atoms with E-state index in [1.165, 1.54) is 22.5 Å². The predicted molar refractivity (Wildman–Crippen MR) is 72.1 cm³/mol. The van der Waals surface area contributed by atoms with Crippen LogP contribution in [-0.4, -0.2) is 17.9 Å². The summed E-state index contributed by atoms with van der Waals surface area (Å²) in [4.78, 5) is 3.57. The number of hydrogen-bond donors (Lipinski definition) is 1. The molecular formula is C11H16N2OS2. The lowest BCUT2D eigenvalue weighted by molar-refractivity contribution is 0.339. The Balaban J connectivity index is 2.27. The number of benzene rings is 1. The summed E-state index contributed by atoms with van der Waals surface area (Å²) in [5.41, 5.74) is 1.26. The second-order valence-electron chi connectivity index (χ2n) is 3.41. The summed E-state index contributed by atoms with van der Waals surface area (Å²) in [5.74, 6) is 0.937. The molecule has 1 aliphatic heterocycles. The lowest BCUT2D eigenvalue weighted by atomic mass is 10.3. The number of anilines is 1. The van der Waals surface area contributed by atoms with E-state index in [0.29, 0.717) is 6.61 Å². The average Bonchev–Trinajstić information content (AvgIpc) is 2.66. The van der Waals surface area contributed by atoms with Crippen LogP contribution >= 0.6 is 23.7 Å². The molecule has 1 aromatic rings. The molecule has 0 aromatic heterocycles. The number of thioether (sulfide) groups is 1. The van der Waals surface area contributed by atoms with Crippen LogP contribution in [-0.2, 0) is 0 Å². The van der Waals surface area contributed by atoms with Crippen LogP contribution in [0.1, 0.15) is 13.8 Å². The molecule has 2 rings (SSSR count). The molecule has 0 radical (unpaired) electrons. The first-order valence-electron chi connectivity index (χ1n) is 5.35. The molecule has 0 spiro atoms. The van der Waals surface area contributed by atoms with Gasteiger partial charge in [-0.3, -0.25) is 5.14 Å². The van der Waals surface area contributed by atoms with Crippen molar-refractivity contribution in [2.75, 3.05) is 18.1 Å². The molecule has 0 fully saturated rings. The van der Waals surface area contributed by atoms with Crippen molar-refractivity contribution in [1.29, 1.82) is 0 Å². The number of nitrogens with zero attached hydrogens (tertiary/aromatic N) is 1. The van der Waals surface area contributed by atoms with Crippen molar-refractivity contribution >= 4 is 29.4 Å². The molecule has 1 aliphatic rings. The number of hydrogen-bond acceptors (Lipinski definition) is 5. The normalized spacial score (nSPS) is 18.7. The molecular weight excluding hydrogens is 240 g/mol. The molecule has 0 amide bonds. The Morgan fingerprint density at radius 1 is 1.50 bits per heavy atom. The zero-order valence-corrected chi connectivity index (χ0v) is 11.1. The fourth-order valence-corrected chi connectivity index (χ4v) is 3.83. The van der Waals surface area contributed by atoms with E-state index in [-0.39, 0.29) is 4.71 Å². The lowest BCUT2D eigenvalue weighted by Crippen LogP contribution is -2.27. The Hall–Kier alpha value is -0.520. The maximum atomic E-state index is 5.70. The minimum atomic E-state index is 0.289. The highest BCUT2D eigenvalue weighted by Crippen LogP contribution is 2.47. The molecule has 1 unspecified atom stereocenters. The highest BCUT2D eigenvalue weighted by atomic mass is 32.2. The second kappa shape index (κ2) is 5.21. The van der Waals surface area contributed by atoms with E-state index in [4.69, 9.17) is 9.88 Å². The van der Waals surface area contributed by atoms with Gasteiger partial charge >= 0.3 is 0 Å². The predicted octanol–water partition coefficient (Wildman–Crippen LogP) is 2.91. The standard InChI is InChI=1S/C11H16N2OS2/c1-3-13-9-6-5-8(14-4-2)7-10(9)15-11(13)16-12/h5-7,11H,3-4,12H2,1-2H3. The van der Waals surface area contributed by atoms with Gasteiger partial charge in [0.15, 0.2) is 0 Å². The first-order chi connectivity index (χ1) is 7.80. The first-order valence-corrected chi connectivity index (χ1v) is 7.18. The second-order valence-corrected chi connectivity index (χ2v) is 5.55. The molecule has 16 heavy (non-hydrogen) atoms. The third-order valence-corrected chi connectivity index (χ3v) is 4.64. The SMILES string of the molecule is CCOc1ccc2c(c1)SC(SN)N2CC. The molecule has 2 N–H and O–H groups in total. The fraction of sp³-hybridized carbons (Fsp3) is 0.455. The van der Waals surface area contributed by atoms with Crippen molar-refractivity contribution in [3.8, 4) is 5.75 Å². The average molecular weight is 256 g/mol. The smallest absolute Gasteiger partial charge is 0.140 e. The van der Waals surface area contributed by atoms with Crippen LogP contribution in [0.25, 0.3) is 0 Å². The highest BCUT2D eigenvalue weighted by molar-refractivity contribution is 8.16. The Kier molecular flexibility index (Phi) is 3.89. The van der Waals surface area contributed by atoms with Gasteiger partial charge in [-0.1, -0.05) is 11.8 Å². The third-order valence-electron chi connectivity index (χ3n) is 2.49. The summed E-state index contributed by atoms with van der Waals surface area (Å²) in [6.45, 7) is 5.82. The van der Waals surface area contributed by atoms with Gasteiger partial charge in [0.2, 0.25) is 0 Å². The Labute approximate surface area is 105 Å². The fourth-order valence-electron chi connectivity index (χ4n) is 1.79. The monoisotopic (exact) mass is 256 g/mol. The molecule has 0 bridgehead atoms. The number of rotatable bonds is 4. The highest BCUT2D eigenvalue weighted by Gasteiger charge is 2.28. The van der Waals surface area contributed by atoms with Crippen molar-refractivity contribution in [2.24, 2.45) is 5.14 Å². The van der Waals surface area contributed by atoms with Gasteiger partial charge in [0.05, 0.1) is 12.3 Å². The summed E-state index contributed by atoms with van der Waals surface area (Å²) in [6.07, 6.45) is 0. The molecule has 0 saturated carbocycles. The quantitative estimate of drug-likeness (QED) is 0.839. The van der Waals surface area contributed by atoms with E-state index in [1.807, 2.05) is 13.0 Å². The van der Waals surface area contributed by atoms with Gasteiger partial charge in [0, 0.05) is 11.4 Å². The summed E-state index contributed by atoms with van der Waals surface area (Å²) < 4.78 is 5.79. The van der Waals surface area contributed by atoms with Crippen LogP contribution in [0.15, 0.2) is 23.1 Å². The van der Waals surface area contributed by atoms with Crippen molar-refractivity contribution in [1.82, 2.24) is 0 Å². The van der Waals surface area contributed by atoms with Gasteiger partial charge < -0.3 is 9.64 Å². The van der Waals surface area contributed by atoms with E-state index in [2.05, 4.69) is 24.0 Å². The molecule has 5 heteroatoms. The Bertz CT molecular complexity index is 373. The van der Waals surface area contributed by atoms with Gasteiger partial charge in [-0.05, 0) is 44.0 Å². The third kappa shape index (κ3) is 2.12. The summed E-state index contributed by atoms with van der Waals surface area (Å²) >= 11 is 3.18. The van der Waals surface area contributed by atoms with Crippen molar-refractivity contribution in [3.05, 3.63) is 18.2 Å². The summed E-state index contributed by atoms with van der Waals surface area (Å²) in [6, 6.07) is 6.24. The van der Waals surface area contributed by atoms with Crippen molar-refractivity contribution in [2.45, 2.75) is 23.4 Å². The van der Waals surface area contributed by atoms with Gasteiger partial charge in [-0.25, -0.2) is 0 Å². The van der Waals surface area contributed by atoms with Gasteiger partial charge in [-0.15, -0.1) is 0 Å². The minimum absolute atomic E-state index is 0.289. The van der Waals surface area contributed by atoms with Crippen molar-refractivity contribution in [3.63, 3.8) is 0 Å². The van der Waals surface area contributed by atoms with E-state index >= 15 is 0 Å². The number of ether oxygens (including phenoxy) is 1. The molecule has 1 atom stereocenters. The van der Waals surface area contributed by atoms with E-state index in [0.717, 1.165) is 12.3 Å². The van der Waals surface area contributed by atoms with E-state index in [1.54, 1.807) is 11.8 Å². The number of fused-ring (bicyclic) bond motifs is 1. The topological polar surface area (TPSA) is 38.5 Å². The summed E-state index contributed by atoms with van der Waals surface area (Å²) in [5, 5.41) is 5.70. The Morgan fingerprint density at radius 3 is 2.94 bits per heavy atom. The number of nitrogens with two attached hydrogens (primary N) is 1. The van der Waals surface area contributed by atoms with Gasteiger partial charge in [0.1, 0.15) is 10.5 Å². The molecule has 0 saturated heterocycles. The Morgan fingerprint density at radius 2 is 2.31 bits per heavy atom. The largest absolute Gasteiger partial charge is 0.494 e. The maximum absolute atomic E-state index is 5.70. The first kappa shape index (κ1) is 12.0. The molecule has 1 heterocycles. The van der Waals surface area contributed by atoms with E-state index < -0.39 is 0 Å². The van der Waals surface area contributed by atoms with E-state index in [9.17, 15) is 0 Å². The van der Waals surface area contributed by atoms with Crippen LogP contribution in [0.2, 0.25) is 0 Å². The molecule has 88 valence electrons. The van der Waals surface area contributed by atoms with Crippen LogP contribution in [0.4, 0.5) is 5.69 Å². The van der Waals surface area contributed by atoms with Crippen LogP contribution in [0.3, 0.4) is 0 Å². The van der Waals surface area contributed by atoms with Crippen molar-refractivity contribution < 1.29 is 4.74 Å². The minimum Gasteiger partial charge on any atom is -0.494 e. The van der Waals surface area contributed by atoms with Gasteiger partial charge in [-0.2, -0.15) is 0 Å². The molecule has 0 aliphatic carbocycles. The molecule has 1 aromatic carbocycles. The van der Waals surface area contributed by atoms with Crippen LogP contribution in [0.5, 0.6) is 5.75 Å². The summed E-state index contributed by atoms with van der Waals surface area (Å²) in [7, 11) is 0.